The standard InChI is InChI=1S/C11H23NOS/c1-3-13-9-5-8-12-10-11(14-2)6-4-7-11/h12H,3-10H2,1-2H3. The lowest BCUT2D eigenvalue weighted by molar-refractivity contribution is 0.144. The number of ether oxygens (including phenoxy) is 1. The molecule has 3 heteroatoms. The van der Waals surface area contributed by atoms with Gasteiger partial charge in [0.25, 0.3) is 0 Å². The maximum atomic E-state index is 5.29. The molecule has 1 aliphatic rings. The van der Waals surface area contributed by atoms with Gasteiger partial charge in [-0.25, -0.2) is 0 Å². The van der Waals surface area contributed by atoms with Gasteiger partial charge in [0, 0.05) is 24.5 Å². The minimum Gasteiger partial charge on any atom is -0.382 e. The van der Waals surface area contributed by atoms with Gasteiger partial charge in [0.2, 0.25) is 0 Å². The first-order valence-electron chi connectivity index (χ1n) is 5.66. The van der Waals surface area contributed by atoms with Crippen molar-refractivity contribution in [2.75, 3.05) is 32.6 Å². The van der Waals surface area contributed by atoms with Gasteiger partial charge in [-0.05, 0) is 39.0 Å². The highest BCUT2D eigenvalue weighted by Crippen LogP contribution is 2.42. The van der Waals surface area contributed by atoms with Crippen LogP contribution in [0.3, 0.4) is 0 Å². The van der Waals surface area contributed by atoms with E-state index in [1.165, 1.54) is 25.8 Å². The molecule has 0 amide bonds. The van der Waals surface area contributed by atoms with Crippen LogP contribution in [0.15, 0.2) is 0 Å². The van der Waals surface area contributed by atoms with Crippen LogP contribution in [0.2, 0.25) is 0 Å². The zero-order valence-electron chi connectivity index (χ0n) is 9.47. The van der Waals surface area contributed by atoms with Crippen LogP contribution in [-0.2, 0) is 4.74 Å². The molecule has 0 saturated heterocycles. The summed E-state index contributed by atoms with van der Waals surface area (Å²) in [5, 5.41) is 3.54. The van der Waals surface area contributed by atoms with Crippen LogP contribution in [0, 0.1) is 0 Å². The Morgan fingerprint density at radius 2 is 2.21 bits per heavy atom. The molecule has 1 rings (SSSR count). The fourth-order valence-corrected chi connectivity index (χ4v) is 2.73. The molecule has 0 unspecified atom stereocenters. The summed E-state index contributed by atoms with van der Waals surface area (Å²) >= 11 is 2.03. The van der Waals surface area contributed by atoms with Crippen LogP contribution in [0.1, 0.15) is 32.6 Å². The summed E-state index contributed by atoms with van der Waals surface area (Å²) in [4.78, 5) is 0. The second kappa shape index (κ2) is 6.70. The molecule has 84 valence electrons. The highest BCUT2D eigenvalue weighted by Gasteiger charge is 2.35. The second-order valence-corrected chi connectivity index (χ2v) is 5.24. The van der Waals surface area contributed by atoms with Gasteiger partial charge in [0.15, 0.2) is 0 Å². The van der Waals surface area contributed by atoms with Gasteiger partial charge in [-0.3, -0.25) is 0 Å². The van der Waals surface area contributed by atoms with E-state index in [1.807, 2.05) is 18.7 Å². The lowest BCUT2D eigenvalue weighted by Gasteiger charge is -2.40. The van der Waals surface area contributed by atoms with E-state index in [1.54, 1.807) is 0 Å². The average molecular weight is 217 g/mol. The third-order valence-corrected chi connectivity index (χ3v) is 4.41. The summed E-state index contributed by atoms with van der Waals surface area (Å²) in [6.45, 7) is 6.07. The van der Waals surface area contributed by atoms with E-state index < -0.39 is 0 Å². The van der Waals surface area contributed by atoms with E-state index in [0.717, 1.165) is 26.2 Å². The van der Waals surface area contributed by atoms with Crippen LogP contribution in [0.4, 0.5) is 0 Å². The summed E-state index contributed by atoms with van der Waals surface area (Å²) in [5.74, 6) is 0. The first kappa shape index (κ1) is 12.3. The SMILES string of the molecule is CCOCCCNCC1(SC)CCC1. The molecule has 1 saturated carbocycles. The van der Waals surface area contributed by atoms with E-state index in [9.17, 15) is 0 Å². The molecule has 2 nitrogen and oxygen atoms in total. The first-order valence-corrected chi connectivity index (χ1v) is 6.89. The molecule has 14 heavy (non-hydrogen) atoms. The molecule has 0 aromatic heterocycles. The Bertz CT molecular complexity index is 143. The lowest BCUT2D eigenvalue weighted by atomic mass is 9.84. The Morgan fingerprint density at radius 3 is 2.71 bits per heavy atom. The summed E-state index contributed by atoms with van der Waals surface area (Å²) in [6.07, 6.45) is 7.58. The molecule has 0 aliphatic heterocycles. The quantitative estimate of drug-likeness (QED) is 0.630. The van der Waals surface area contributed by atoms with Crippen molar-refractivity contribution in [3.63, 3.8) is 0 Å². The number of rotatable bonds is 8. The van der Waals surface area contributed by atoms with Crippen LogP contribution in [-0.4, -0.2) is 37.3 Å². The minimum atomic E-state index is 0.575. The second-order valence-electron chi connectivity index (χ2n) is 3.97. The normalized spacial score (nSPS) is 19.3. The zero-order valence-corrected chi connectivity index (χ0v) is 10.3. The maximum Gasteiger partial charge on any atom is 0.0477 e. The van der Waals surface area contributed by atoms with E-state index in [2.05, 4.69) is 11.6 Å². The van der Waals surface area contributed by atoms with Crippen molar-refractivity contribution in [2.45, 2.75) is 37.4 Å². The van der Waals surface area contributed by atoms with Crippen molar-refractivity contribution in [2.24, 2.45) is 0 Å². The topological polar surface area (TPSA) is 21.3 Å². The van der Waals surface area contributed by atoms with Gasteiger partial charge >= 0.3 is 0 Å². The predicted octanol–water partition coefficient (Wildman–Crippen LogP) is 2.29. The first-order chi connectivity index (χ1) is 6.83. The Labute approximate surface area is 92.2 Å². The minimum absolute atomic E-state index is 0.575. The number of hydrogen-bond donors (Lipinski definition) is 1. The Kier molecular flexibility index (Phi) is 5.90. The van der Waals surface area contributed by atoms with Crippen molar-refractivity contribution in [3.05, 3.63) is 0 Å². The number of thioether (sulfide) groups is 1. The summed E-state index contributed by atoms with van der Waals surface area (Å²) in [5.41, 5.74) is 0. The van der Waals surface area contributed by atoms with Crippen molar-refractivity contribution in [1.29, 1.82) is 0 Å². The van der Waals surface area contributed by atoms with Crippen LogP contribution in [0.25, 0.3) is 0 Å². The molecule has 0 spiro atoms. The zero-order chi connectivity index (χ0) is 10.3. The van der Waals surface area contributed by atoms with Crippen molar-refractivity contribution in [1.82, 2.24) is 5.32 Å². The van der Waals surface area contributed by atoms with Gasteiger partial charge in [0.1, 0.15) is 0 Å². The van der Waals surface area contributed by atoms with E-state index in [4.69, 9.17) is 4.74 Å². The molecule has 1 fully saturated rings. The van der Waals surface area contributed by atoms with Crippen LogP contribution in [0.5, 0.6) is 0 Å². The number of hydrogen-bond acceptors (Lipinski definition) is 3. The van der Waals surface area contributed by atoms with Gasteiger partial charge < -0.3 is 10.1 Å². The smallest absolute Gasteiger partial charge is 0.0477 e. The fraction of sp³-hybridized carbons (Fsp3) is 1.00. The highest BCUT2D eigenvalue weighted by atomic mass is 32.2. The van der Waals surface area contributed by atoms with E-state index >= 15 is 0 Å². The fourth-order valence-electron chi connectivity index (χ4n) is 1.78. The Hall–Kier alpha value is 0.270. The van der Waals surface area contributed by atoms with Crippen LogP contribution >= 0.6 is 11.8 Å². The molecule has 0 heterocycles. The monoisotopic (exact) mass is 217 g/mol. The van der Waals surface area contributed by atoms with Crippen molar-refractivity contribution >= 4 is 11.8 Å². The average Bonchev–Trinajstić information content (AvgIpc) is 2.15. The van der Waals surface area contributed by atoms with Crippen molar-refractivity contribution < 1.29 is 4.74 Å². The summed E-state index contributed by atoms with van der Waals surface area (Å²) in [7, 11) is 0. The van der Waals surface area contributed by atoms with E-state index in [0.29, 0.717) is 4.75 Å². The van der Waals surface area contributed by atoms with E-state index in [-0.39, 0.29) is 0 Å². The molecular weight excluding hydrogens is 194 g/mol. The van der Waals surface area contributed by atoms with Crippen LogP contribution < -0.4 is 5.32 Å². The highest BCUT2D eigenvalue weighted by molar-refractivity contribution is 8.00. The molecular formula is C11H23NOS. The molecule has 1 N–H and O–H groups in total. The number of nitrogens with one attached hydrogen (secondary N) is 1. The van der Waals surface area contributed by atoms with Gasteiger partial charge in [0.05, 0.1) is 0 Å². The summed E-state index contributed by atoms with van der Waals surface area (Å²) in [6, 6.07) is 0. The van der Waals surface area contributed by atoms with Gasteiger partial charge in [-0.1, -0.05) is 6.42 Å². The Morgan fingerprint density at radius 1 is 1.43 bits per heavy atom. The molecule has 0 radical (unpaired) electrons. The third-order valence-electron chi connectivity index (χ3n) is 2.99. The molecule has 0 aromatic rings. The van der Waals surface area contributed by atoms with Crippen molar-refractivity contribution in [3.8, 4) is 0 Å². The lowest BCUT2D eigenvalue weighted by Crippen LogP contribution is -2.43. The predicted molar refractivity (Wildman–Crippen MR) is 64.1 cm³/mol. The molecule has 0 bridgehead atoms. The van der Waals surface area contributed by atoms with Gasteiger partial charge in [-0.15, -0.1) is 0 Å². The largest absolute Gasteiger partial charge is 0.382 e. The van der Waals surface area contributed by atoms with Gasteiger partial charge in [-0.2, -0.15) is 11.8 Å². The third kappa shape index (κ3) is 3.79. The maximum absolute atomic E-state index is 5.29. The molecule has 0 atom stereocenters. The summed E-state index contributed by atoms with van der Waals surface area (Å²) < 4.78 is 5.86. The Balaban J connectivity index is 1.92. The molecule has 0 aromatic carbocycles. The molecule has 1 aliphatic carbocycles.